The monoisotopic (exact) mass is 606 g/mol. The minimum absolute atomic E-state index is 0.0124. The Labute approximate surface area is 253 Å². The Hall–Kier alpha value is -2.98. The molecule has 2 N–H and O–H groups in total. The highest BCUT2D eigenvalue weighted by Gasteiger charge is 2.35. The van der Waals surface area contributed by atoms with E-state index in [4.69, 9.17) is 9.47 Å². The smallest absolute Gasteiger partial charge is 0.109 e. The summed E-state index contributed by atoms with van der Waals surface area (Å²) >= 11 is 0. The summed E-state index contributed by atoms with van der Waals surface area (Å²) in [5, 5.41) is 22.9. The fraction of sp³-hybridized carbons (Fsp3) is 0.294. The van der Waals surface area contributed by atoms with Gasteiger partial charge in [-0.05, 0) is 22.3 Å². The van der Waals surface area contributed by atoms with Crippen molar-refractivity contribution in [1.29, 1.82) is 0 Å². The lowest BCUT2D eigenvalue weighted by molar-refractivity contribution is -0.131. The highest BCUT2D eigenvalue weighted by atomic mass is 32.2. The molecule has 0 heterocycles. The molecule has 4 rings (SSSR count). The van der Waals surface area contributed by atoms with Crippen LogP contribution in [0.25, 0.3) is 0 Å². The molecule has 0 spiro atoms. The van der Waals surface area contributed by atoms with Gasteiger partial charge in [-0.25, -0.2) is 0 Å². The van der Waals surface area contributed by atoms with Gasteiger partial charge >= 0.3 is 0 Å². The van der Waals surface area contributed by atoms with E-state index in [9.17, 15) is 18.6 Å². The zero-order chi connectivity index (χ0) is 29.6. The van der Waals surface area contributed by atoms with Gasteiger partial charge in [0.05, 0.1) is 36.9 Å². The van der Waals surface area contributed by atoms with Crippen molar-refractivity contribution in [3.63, 3.8) is 0 Å². The average Bonchev–Trinajstić information content (AvgIpc) is 3.02. The number of hydrogen-bond acceptors (Lipinski definition) is 6. The Morgan fingerprint density at radius 3 is 1.07 bits per heavy atom. The van der Waals surface area contributed by atoms with Gasteiger partial charge in [0.15, 0.2) is 0 Å². The molecule has 222 valence electrons. The number of aliphatic hydroxyl groups is 2. The van der Waals surface area contributed by atoms with E-state index in [2.05, 4.69) is 0 Å². The molecule has 6 nitrogen and oxygen atoms in total. The SMILES string of the molecule is O=S(Cc1ccccc1)C[C@@H](OCc1ccccc1)[C@@H](O)[C@H](O)[C@@H](CS(=O)Cc1ccccc1)OCc1ccccc1. The number of hydrogen-bond donors (Lipinski definition) is 2. The van der Waals surface area contributed by atoms with Crippen LogP contribution in [0.1, 0.15) is 22.3 Å². The van der Waals surface area contributed by atoms with Crippen LogP contribution in [-0.2, 0) is 55.8 Å². The second-order valence-corrected chi connectivity index (χ2v) is 13.1. The largest absolute Gasteiger partial charge is 0.388 e. The van der Waals surface area contributed by atoms with Crippen LogP contribution < -0.4 is 0 Å². The van der Waals surface area contributed by atoms with Crippen LogP contribution in [0, 0.1) is 0 Å². The minimum Gasteiger partial charge on any atom is -0.388 e. The first kappa shape index (κ1) is 31.9. The van der Waals surface area contributed by atoms with Crippen LogP contribution in [0.2, 0.25) is 0 Å². The van der Waals surface area contributed by atoms with Crippen molar-refractivity contribution in [1.82, 2.24) is 0 Å². The topological polar surface area (TPSA) is 93.1 Å². The van der Waals surface area contributed by atoms with Gasteiger partial charge in [0, 0.05) is 33.1 Å². The predicted octanol–water partition coefficient (Wildman–Crippen LogP) is 4.78. The summed E-state index contributed by atoms with van der Waals surface area (Å²) in [6, 6.07) is 37.9. The summed E-state index contributed by atoms with van der Waals surface area (Å²) in [7, 11) is -2.75. The maximum absolute atomic E-state index is 13.2. The summed E-state index contributed by atoms with van der Waals surface area (Å²) in [4.78, 5) is 0. The van der Waals surface area contributed by atoms with Gasteiger partial charge in [-0.3, -0.25) is 8.42 Å². The lowest BCUT2D eigenvalue weighted by Gasteiger charge is -2.31. The third kappa shape index (κ3) is 10.7. The number of aliphatic hydroxyl groups excluding tert-OH is 2. The van der Waals surface area contributed by atoms with Crippen LogP contribution in [-0.4, -0.2) is 54.6 Å². The molecule has 2 unspecified atom stereocenters. The van der Waals surface area contributed by atoms with Gasteiger partial charge < -0.3 is 19.7 Å². The number of rotatable bonds is 17. The molecule has 0 radical (unpaired) electrons. The zero-order valence-electron chi connectivity index (χ0n) is 23.4. The van der Waals surface area contributed by atoms with E-state index in [0.29, 0.717) is 11.5 Å². The van der Waals surface area contributed by atoms with Crippen LogP contribution in [0.3, 0.4) is 0 Å². The van der Waals surface area contributed by atoms with E-state index in [1.165, 1.54) is 0 Å². The van der Waals surface area contributed by atoms with Crippen molar-refractivity contribution in [2.24, 2.45) is 0 Å². The van der Waals surface area contributed by atoms with Crippen molar-refractivity contribution in [3.8, 4) is 0 Å². The summed E-state index contributed by atoms with van der Waals surface area (Å²) in [6.07, 6.45) is -4.75. The van der Waals surface area contributed by atoms with Crippen LogP contribution in [0.15, 0.2) is 121 Å². The third-order valence-corrected chi connectivity index (χ3v) is 9.48. The van der Waals surface area contributed by atoms with Crippen molar-refractivity contribution >= 4 is 21.6 Å². The molecule has 0 aliphatic heterocycles. The highest BCUT2D eigenvalue weighted by Crippen LogP contribution is 2.19. The van der Waals surface area contributed by atoms with Crippen LogP contribution >= 0.6 is 0 Å². The van der Waals surface area contributed by atoms with E-state index in [1.807, 2.05) is 121 Å². The van der Waals surface area contributed by atoms with E-state index in [1.54, 1.807) is 0 Å². The minimum atomic E-state index is -1.43. The molecule has 0 aliphatic carbocycles. The molecule has 0 fully saturated rings. The van der Waals surface area contributed by atoms with Gasteiger partial charge in [-0.1, -0.05) is 121 Å². The van der Waals surface area contributed by atoms with Gasteiger partial charge in [0.25, 0.3) is 0 Å². The third-order valence-electron chi connectivity index (χ3n) is 6.77. The molecule has 0 saturated carbocycles. The lowest BCUT2D eigenvalue weighted by Crippen LogP contribution is -2.50. The number of ether oxygens (including phenoxy) is 2. The maximum atomic E-state index is 13.2. The normalized spacial score (nSPS) is 15.8. The molecule has 42 heavy (non-hydrogen) atoms. The van der Waals surface area contributed by atoms with Crippen molar-refractivity contribution in [2.75, 3.05) is 11.5 Å². The second-order valence-electron chi connectivity index (χ2n) is 10.1. The molecular formula is C34H38O6S2. The second kappa shape index (κ2) is 17.2. The summed E-state index contributed by atoms with van der Waals surface area (Å²) < 4.78 is 38.6. The highest BCUT2D eigenvalue weighted by molar-refractivity contribution is 7.84. The average molecular weight is 607 g/mol. The molecular weight excluding hydrogens is 569 g/mol. The van der Waals surface area contributed by atoms with Crippen molar-refractivity contribution < 1.29 is 28.1 Å². The van der Waals surface area contributed by atoms with E-state index >= 15 is 0 Å². The molecule has 6 atom stereocenters. The Morgan fingerprint density at radius 1 is 0.476 bits per heavy atom. The Kier molecular flexibility index (Phi) is 13.1. The fourth-order valence-electron chi connectivity index (χ4n) is 4.49. The molecule has 0 amide bonds. The Bertz CT molecular complexity index is 1250. The molecule has 0 bridgehead atoms. The zero-order valence-corrected chi connectivity index (χ0v) is 25.1. The van der Waals surface area contributed by atoms with E-state index in [-0.39, 0.29) is 24.7 Å². The molecule has 0 saturated heterocycles. The van der Waals surface area contributed by atoms with Crippen LogP contribution in [0.4, 0.5) is 0 Å². The summed E-state index contributed by atoms with van der Waals surface area (Å²) in [6.45, 7) is 0.348. The molecule has 0 aromatic heterocycles. The van der Waals surface area contributed by atoms with Gasteiger partial charge in [0.2, 0.25) is 0 Å². The first-order chi connectivity index (χ1) is 20.5. The molecule has 8 heteroatoms. The summed E-state index contributed by atoms with van der Waals surface area (Å²) in [5.74, 6) is 0.616. The van der Waals surface area contributed by atoms with Crippen molar-refractivity contribution in [3.05, 3.63) is 144 Å². The molecule has 4 aromatic carbocycles. The standard InChI is InChI=1S/C34H38O6S2/c35-33(31(39-21-27-13-5-1-6-14-27)25-41(37)23-29-17-9-3-10-18-29)34(36)32(40-22-28-15-7-2-8-16-28)26-42(38)24-30-19-11-4-12-20-30/h1-20,31-36H,21-26H2/t31-,32-,33-,34-,41?,42?/m1/s1. The first-order valence-corrected chi connectivity index (χ1v) is 16.9. The van der Waals surface area contributed by atoms with Gasteiger partial charge in [-0.15, -0.1) is 0 Å². The van der Waals surface area contributed by atoms with Gasteiger partial charge in [0.1, 0.15) is 12.2 Å². The van der Waals surface area contributed by atoms with Crippen LogP contribution in [0.5, 0.6) is 0 Å². The quantitative estimate of drug-likeness (QED) is 0.180. The van der Waals surface area contributed by atoms with Crippen molar-refractivity contribution in [2.45, 2.75) is 49.1 Å². The lowest BCUT2D eigenvalue weighted by atomic mass is 10.0. The maximum Gasteiger partial charge on any atom is 0.109 e. The number of benzene rings is 4. The van der Waals surface area contributed by atoms with E-state index < -0.39 is 46.0 Å². The summed E-state index contributed by atoms with van der Waals surface area (Å²) in [5.41, 5.74) is 3.60. The van der Waals surface area contributed by atoms with E-state index in [0.717, 1.165) is 22.3 Å². The molecule has 0 aliphatic rings. The predicted molar refractivity (Wildman–Crippen MR) is 168 cm³/mol. The Morgan fingerprint density at radius 2 is 0.762 bits per heavy atom. The Balaban J connectivity index is 1.49. The molecule has 4 aromatic rings. The fourth-order valence-corrected chi connectivity index (χ4v) is 7.17. The first-order valence-electron chi connectivity index (χ1n) is 13.9. The van der Waals surface area contributed by atoms with Gasteiger partial charge in [-0.2, -0.15) is 0 Å².